The fraction of sp³-hybridized carbons (Fsp3) is 0.0526. The zero-order valence-corrected chi connectivity index (χ0v) is 16.0. The summed E-state index contributed by atoms with van der Waals surface area (Å²) in [7, 11) is 0. The third-order valence-electron chi connectivity index (χ3n) is 3.72. The first-order chi connectivity index (χ1) is 13.7. The van der Waals surface area contributed by atoms with Gasteiger partial charge >= 0.3 is 0 Å². The molecule has 0 atom stereocenters. The van der Waals surface area contributed by atoms with E-state index in [-0.39, 0.29) is 17.4 Å². The normalized spacial score (nSPS) is 10.5. The lowest BCUT2D eigenvalue weighted by Crippen LogP contribution is -2.14. The monoisotopic (exact) mass is 407 g/mol. The summed E-state index contributed by atoms with van der Waals surface area (Å²) in [6.45, 7) is 0. The number of hydrogen-bond donors (Lipinski definition) is 2. The summed E-state index contributed by atoms with van der Waals surface area (Å²) in [5.74, 6) is -0.0182. The van der Waals surface area contributed by atoms with E-state index in [2.05, 4.69) is 20.8 Å². The number of para-hydroxylation sites is 2. The van der Waals surface area contributed by atoms with Crippen LogP contribution in [0.1, 0.15) is 5.76 Å². The number of nitrogens with zero attached hydrogens (tertiary/aromatic N) is 3. The highest BCUT2D eigenvalue weighted by molar-refractivity contribution is 8.01. The van der Waals surface area contributed by atoms with Gasteiger partial charge in [0, 0.05) is 11.1 Å². The smallest absolute Gasteiger partial charge is 0.234 e. The molecule has 2 aromatic heterocycles. The fourth-order valence-corrected chi connectivity index (χ4v) is 4.09. The molecule has 0 spiro atoms. The van der Waals surface area contributed by atoms with E-state index in [4.69, 9.17) is 4.42 Å². The second-order valence-corrected chi connectivity index (χ2v) is 7.82. The number of thioether (sulfide) groups is 1. The van der Waals surface area contributed by atoms with Gasteiger partial charge in [-0.05, 0) is 24.3 Å². The van der Waals surface area contributed by atoms with E-state index in [0.717, 1.165) is 5.69 Å². The summed E-state index contributed by atoms with van der Waals surface area (Å²) in [4.78, 5) is 12.4. The molecular weight excluding hydrogens is 394 g/mol. The number of furan rings is 1. The van der Waals surface area contributed by atoms with E-state index in [1.165, 1.54) is 23.1 Å². The van der Waals surface area contributed by atoms with Gasteiger partial charge in [-0.1, -0.05) is 53.4 Å². The van der Waals surface area contributed by atoms with Gasteiger partial charge < -0.3 is 15.1 Å². The van der Waals surface area contributed by atoms with Crippen molar-refractivity contribution in [2.75, 3.05) is 16.4 Å². The minimum absolute atomic E-state index is 0.0878. The Bertz CT molecular complexity index is 1160. The van der Waals surface area contributed by atoms with Gasteiger partial charge in [-0.25, -0.2) is 0 Å². The molecule has 0 unspecified atom stereocenters. The number of carbonyl (C=O) groups is 1. The maximum absolute atomic E-state index is 12.4. The van der Waals surface area contributed by atoms with Crippen LogP contribution in [0.25, 0.3) is 11.0 Å². The molecule has 2 N–H and O–H groups in total. The van der Waals surface area contributed by atoms with E-state index in [9.17, 15) is 10.1 Å². The number of fused-ring (bicyclic) bond motifs is 1. The number of aromatic nitrogens is 2. The molecule has 4 rings (SSSR count). The molecule has 2 heterocycles. The molecule has 0 aliphatic carbocycles. The zero-order chi connectivity index (χ0) is 19.3. The Labute approximate surface area is 168 Å². The summed E-state index contributed by atoms with van der Waals surface area (Å²) in [5, 5.41) is 24.7. The van der Waals surface area contributed by atoms with Crippen molar-refractivity contribution in [2.45, 2.75) is 4.34 Å². The predicted molar refractivity (Wildman–Crippen MR) is 110 cm³/mol. The molecule has 9 heteroatoms. The number of amides is 1. The van der Waals surface area contributed by atoms with Gasteiger partial charge in [0.25, 0.3) is 0 Å². The van der Waals surface area contributed by atoms with Crippen LogP contribution in [-0.2, 0) is 4.79 Å². The van der Waals surface area contributed by atoms with Gasteiger partial charge in [-0.15, -0.1) is 10.2 Å². The highest BCUT2D eigenvalue weighted by atomic mass is 32.2. The molecule has 0 bridgehead atoms. The summed E-state index contributed by atoms with van der Waals surface area (Å²) in [6.07, 6.45) is 0. The minimum Gasteiger partial charge on any atom is -0.443 e. The van der Waals surface area contributed by atoms with E-state index < -0.39 is 0 Å². The number of hydrogen-bond acceptors (Lipinski definition) is 8. The Hall–Kier alpha value is -3.35. The van der Waals surface area contributed by atoms with Crippen LogP contribution >= 0.6 is 23.1 Å². The standard InChI is InChI=1S/C19H13N5O2S2/c20-10-15-17(13-8-4-5-9-14(13)26-15)22-16(25)11-27-19-24-23-18(28-19)21-12-6-2-1-3-7-12/h1-9H,11H2,(H,21,23)(H,22,25). The molecule has 4 aromatic rings. The van der Waals surface area contributed by atoms with Gasteiger partial charge in [0.05, 0.1) is 5.75 Å². The van der Waals surface area contributed by atoms with Gasteiger partial charge in [0.15, 0.2) is 4.34 Å². The van der Waals surface area contributed by atoms with Crippen molar-refractivity contribution < 1.29 is 9.21 Å². The lowest BCUT2D eigenvalue weighted by Gasteiger charge is -2.02. The summed E-state index contributed by atoms with van der Waals surface area (Å²) >= 11 is 2.65. The third-order valence-corrected chi connectivity index (χ3v) is 5.69. The predicted octanol–water partition coefficient (Wildman–Crippen LogP) is 4.63. The van der Waals surface area contributed by atoms with Gasteiger partial charge in [0.1, 0.15) is 17.3 Å². The number of nitriles is 1. The van der Waals surface area contributed by atoms with Gasteiger partial charge in [-0.2, -0.15) is 5.26 Å². The Kier molecular flexibility index (Phi) is 5.23. The Morgan fingerprint density at radius 2 is 1.93 bits per heavy atom. The van der Waals surface area contributed by atoms with Crippen molar-refractivity contribution >= 4 is 56.5 Å². The van der Waals surface area contributed by atoms with Crippen LogP contribution in [-0.4, -0.2) is 21.9 Å². The number of nitrogens with one attached hydrogen (secondary N) is 2. The maximum Gasteiger partial charge on any atom is 0.234 e. The minimum atomic E-state index is -0.249. The second-order valence-electron chi connectivity index (χ2n) is 5.62. The van der Waals surface area contributed by atoms with E-state index in [1.807, 2.05) is 48.5 Å². The molecule has 0 fully saturated rings. The van der Waals surface area contributed by atoms with Crippen LogP contribution in [0.3, 0.4) is 0 Å². The van der Waals surface area contributed by atoms with Crippen molar-refractivity contribution in [1.82, 2.24) is 10.2 Å². The molecule has 7 nitrogen and oxygen atoms in total. The van der Waals surface area contributed by atoms with Gasteiger partial charge in [0.2, 0.25) is 16.8 Å². The van der Waals surface area contributed by atoms with Crippen LogP contribution in [0.2, 0.25) is 0 Å². The quantitative estimate of drug-likeness (QED) is 0.449. The Morgan fingerprint density at radius 3 is 2.75 bits per heavy atom. The Morgan fingerprint density at radius 1 is 1.14 bits per heavy atom. The van der Waals surface area contributed by atoms with Crippen LogP contribution in [0.5, 0.6) is 0 Å². The third kappa shape index (κ3) is 3.98. The number of carbonyl (C=O) groups excluding carboxylic acids is 1. The number of rotatable bonds is 6. The lowest BCUT2D eigenvalue weighted by molar-refractivity contribution is -0.113. The molecule has 1 amide bonds. The van der Waals surface area contributed by atoms with Crippen LogP contribution in [0, 0.1) is 11.3 Å². The molecule has 28 heavy (non-hydrogen) atoms. The lowest BCUT2D eigenvalue weighted by atomic mass is 10.2. The van der Waals surface area contributed by atoms with Crippen molar-refractivity contribution in [3.8, 4) is 6.07 Å². The molecule has 0 saturated carbocycles. The SMILES string of the molecule is N#Cc1oc2ccccc2c1NC(=O)CSc1nnc(Nc2ccccc2)s1. The molecule has 0 saturated heterocycles. The van der Waals surface area contributed by atoms with E-state index in [1.54, 1.807) is 12.1 Å². The van der Waals surface area contributed by atoms with Crippen molar-refractivity contribution in [2.24, 2.45) is 0 Å². The number of anilines is 3. The first-order valence-corrected chi connectivity index (χ1v) is 10.0. The van der Waals surface area contributed by atoms with Crippen LogP contribution in [0.4, 0.5) is 16.5 Å². The van der Waals surface area contributed by atoms with Crippen molar-refractivity contribution in [3.63, 3.8) is 0 Å². The van der Waals surface area contributed by atoms with E-state index in [0.29, 0.717) is 26.1 Å². The first-order valence-electron chi connectivity index (χ1n) is 8.23. The average Bonchev–Trinajstić information content (AvgIpc) is 3.31. The zero-order valence-electron chi connectivity index (χ0n) is 14.4. The second kappa shape index (κ2) is 8.12. The highest BCUT2D eigenvalue weighted by Gasteiger charge is 2.16. The summed E-state index contributed by atoms with van der Waals surface area (Å²) in [5.41, 5.74) is 1.87. The molecular formula is C19H13N5O2S2. The van der Waals surface area contributed by atoms with E-state index >= 15 is 0 Å². The summed E-state index contributed by atoms with van der Waals surface area (Å²) in [6, 6.07) is 18.8. The molecule has 2 aromatic carbocycles. The maximum atomic E-state index is 12.4. The topological polar surface area (TPSA) is 104 Å². The average molecular weight is 407 g/mol. The first kappa shape index (κ1) is 18.0. The van der Waals surface area contributed by atoms with Crippen LogP contribution in [0.15, 0.2) is 63.4 Å². The molecule has 0 aliphatic rings. The highest BCUT2D eigenvalue weighted by Crippen LogP contribution is 2.31. The van der Waals surface area contributed by atoms with Crippen molar-refractivity contribution in [3.05, 3.63) is 60.4 Å². The number of benzene rings is 2. The largest absolute Gasteiger partial charge is 0.443 e. The van der Waals surface area contributed by atoms with Crippen molar-refractivity contribution in [1.29, 1.82) is 5.26 Å². The van der Waals surface area contributed by atoms with Crippen LogP contribution < -0.4 is 10.6 Å². The Balaban J connectivity index is 1.39. The fourth-order valence-electron chi connectivity index (χ4n) is 2.51. The summed E-state index contributed by atoms with van der Waals surface area (Å²) < 4.78 is 6.13. The van der Waals surface area contributed by atoms with Gasteiger partial charge in [-0.3, -0.25) is 4.79 Å². The molecule has 0 radical (unpaired) electrons. The molecule has 138 valence electrons. The molecule has 0 aliphatic heterocycles.